The molecule has 0 aromatic heterocycles. The van der Waals surface area contributed by atoms with E-state index in [1.165, 1.54) is 0 Å². The van der Waals surface area contributed by atoms with Gasteiger partial charge in [-0.25, -0.2) is 0 Å². The molecule has 0 aliphatic heterocycles. The Hall–Kier alpha value is -2.29. The molecule has 0 unspecified atom stereocenters. The number of carbonyl (C=O) groups excluding carboxylic acids is 1. The number of aldehydes is 1. The maximum Gasteiger partial charge on any atom is 0.122 e. The van der Waals surface area contributed by atoms with Crippen LogP contribution in [0, 0.1) is 6.92 Å². The van der Waals surface area contributed by atoms with E-state index in [2.05, 4.69) is 0 Å². The van der Waals surface area contributed by atoms with Gasteiger partial charge in [-0.2, -0.15) is 0 Å². The predicted octanol–water partition coefficient (Wildman–Crippen LogP) is 3.93. The molecule has 0 bridgehead atoms. The standard InChI is InChI=1S/C18H20O3/c1-15-13-17(21-14-16-7-3-2-4-8-16)9-10-18(15)20-12-6-5-11-19/h2-4,7-11,13H,5-6,12,14H2,1H3. The highest BCUT2D eigenvalue weighted by Crippen LogP contribution is 2.24. The minimum absolute atomic E-state index is 0.539. The molecular formula is C18H20O3. The van der Waals surface area contributed by atoms with Crippen molar-refractivity contribution in [3.8, 4) is 11.5 Å². The average Bonchev–Trinajstić information content (AvgIpc) is 2.52. The van der Waals surface area contributed by atoms with Gasteiger partial charge in [-0.05, 0) is 42.7 Å². The Bertz CT molecular complexity index is 564. The third-order valence-corrected chi connectivity index (χ3v) is 3.12. The van der Waals surface area contributed by atoms with Gasteiger partial charge in [0.2, 0.25) is 0 Å². The number of hydrogen-bond donors (Lipinski definition) is 0. The van der Waals surface area contributed by atoms with Crippen LogP contribution >= 0.6 is 0 Å². The summed E-state index contributed by atoms with van der Waals surface area (Å²) < 4.78 is 11.4. The lowest BCUT2D eigenvalue weighted by Gasteiger charge is -2.11. The first-order valence-electron chi connectivity index (χ1n) is 7.13. The highest BCUT2D eigenvalue weighted by molar-refractivity contribution is 5.49. The summed E-state index contributed by atoms with van der Waals surface area (Å²) in [6, 6.07) is 15.9. The van der Waals surface area contributed by atoms with Gasteiger partial charge in [0.05, 0.1) is 6.61 Å². The van der Waals surface area contributed by atoms with E-state index in [9.17, 15) is 4.79 Å². The summed E-state index contributed by atoms with van der Waals surface area (Å²) in [6.45, 7) is 3.11. The molecule has 3 nitrogen and oxygen atoms in total. The smallest absolute Gasteiger partial charge is 0.122 e. The molecule has 0 saturated carbocycles. The fraction of sp³-hybridized carbons (Fsp3) is 0.278. The molecule has 0 aliphatic rings. The molecule has 110 valence electrons. The molecule has 21 heavy (non-hydrogen) atoms. The summed E-state index contributed by atoms with van der Waals surface area (Å²) in [5.41, 5.74) is 2.18. The maximum absolute atomic E-state index is 10.2. The topological polar surface area (TPSA) is 35.5 Å². The van der Waals surface area contributed by atoms with Crippen LogP contribution in [0.4, 0.5) is 0 Å². The van der Waals surface area contributed by atoms with Crippen molar-refractivity contribution in [1.29, 1.82) is 0 Å². The summed E-state index contributed by atoms with van der Waals surface area (Å²) in [5.74, 6) is 1.67. The lowest BCUT2D eigenvalue weighted by molar-refractivity contribution is -0.108. The number of unbranched alkanes of at least 4 members (excludes halogenated alkanes) is 1. The van der Waals surface area contributed by atoms with Gasteiger partial charge in [-0.1, -0.05) is 30.3 Å². The van der Waals surface area contributed by atoms with Crippen molar-refractivity contribution in [3.05, 3.63) is 59.7 Å². The number of hydrogen-bond acceptors (Lipinski definition) is 3. The molecule has 0 N–H and O–H groups in total. The van der Waals surface area contributed by atoms with Gasteiger partial charge >= 0.3 is 0 Å². The van der Waals surface area contributed by atoms with Crippen LogP contribution in [0.3, 0.4) is 0 Å². The minimum Gasteiger partial charge on any atom is -0.493 e. The number of aryl methyl sites for hydroxylation is 1. The van der Waals surface area contributed by atoms with E-state index in [-0.39, 0.29) is 0 Å². The normalized spacial score (nSPS) is 10.1. The summed E-state index contributed by atoms with van der Waals surface area (Å²) in [5, 5.41) is 0. The van der Waals surface area contributed by atoms with Gasteiger partial charge in [-0.3, -0.25) is 0 Å². The van der Waals surface area contributed by atoms with Crippen LogP contribution in [0.25, 0.3) is 0 Å². The molecule has 0 radical (unpaired) electrons. The minimum atomic E-state index is 0.539. The van der Waals surface area contributed by atoms with Crippen LogP contribution < -0.4 is 9.47 Å². The highest BCUT2D eigenvalue weighted by Gasteiger charge is 2.02. The molecule has 0 atom stereocenters. The van der Waals surface area contributed by atoms with E-state index < -0.39 is 0 Å². The molecule has 0 heterocycles. The number of carbonyl (C=O) groups is 1. The predicted molar refractivity (Wildman–Crippen MR) is 82.7 cm³/mol. The zero-order valence-corrected chi connectivity index (χ0v) is 12.2. The van der Waals surface area contributed by atoms with E-state index in [0.29, 0.717) is 19.6 Å². The fourth-order valence-corrected chi connectivity index (χ4v) is 1.96. The van der Waals surface area contributed by atoms with Gasteiger partial charge in [0.15, 0.2) is 0 Å². The maximum atomic E-state index is 10.2. The molecule has 0 aliphatic carbocycles. The lowest BCUT2D eigenvalue weighted by Crippen LogP contribution is -2.00. The Kier molecular flexibility index (Phi) is 5.83. The second-order valence-corrected chi connectivity index (χ2v) is 4.86. The molecule has 0 amide bonds. The second kappa shape index (κ2) is 8.10. The van der Waals surface area contributed by atoms with Gasteiger partial charge in [0, 0.05) is 6.42 Å². The Morgan fingerprint density at radius 3 is 2.57 bits per heavy atom. The quantitative estimate of drug-likeness (QED) is 0.544. The average molecular weight is 284 g/mol. The zero-order chi connectivity index (χ0) is 14.9. The van der Waals surface area contributed by atoms with Crippen LogP contribution in [0.2, 0.25) is 0 Å². The van der Waals surface area contributed by atoms with Crippen molar-refractivity contribution in [3.63, 3.8) is 0 Å². The van der Waals surface area contributed by atoms with E-state index in [1.807, 2.05) is 55.5 Å². The molecule has 0 spiro atoms. The fourth-order valence-electron chi connectivity index (χ4n) is 1.96. The van der Waals surface area contributed by atoms with Crippen molar-refractivity contribution in [1.82, 2.24) is 0 Å². The molecule has 2 aromatic rings. The monoisotopic (exact) mass is 284 g/mol. The van der Waals surface area contributed by atoms with E-state index in [0.717, 1.165) is 35.3 Å². The Morgan fingerprint density at radius 1 is 1.05 bits per heavy atom. The number of ether oxygens (including phenoxy) is 2. The SMILES string of the molecule is Cc1cc(OCc2ccccc2)ccc1OCCCC=O. The first-order chi connectivity index (χ1) is 10.3. The highest BCUT2D eigenvalue weighted by atomic mass is 16.5. The number of benzene rings is 2. The van der Waals surface area contributed by atoms with Crippen molar-refractivity contribution in [2.24, 2.45) is 0 Å². The summed E-state index contributed by atoms with van der Waals surface area (Å²) in [6.07, 6.45) is 2.20. The Balaban J connectivity index is 1.88. The van der Waals surface area contributed by atoms with Gasteiger partial charge in [0.1, 0.15) is 24.4 Å². The van der Waals surface area contributed by atoms with E-state index in [4.69, 9.17) is 9.47 Å². The van der Waals surface area contributed by atoms with Crippen LogP contribution in [0.5, 0.6) is 11.5 Å². The number of rotatable bonds is 8. The zero-order valence-electron chi connectivity index (χ0n) is 12.2. The van der Waals surface area contributed by atoms with Crippen molar-refractivity contribution < 1.29 is 14.3 Å². The molecule has 0 fully saturated rings. The molecule has 3 heteroatoms. The summed E-state index contributed by atoms with van der Waals surface area (Å²) in [7, 11) is 0. The second-order valence-electron chi connectivity index (χ2n) is 4.86. The van der Waals surface area contributed by atoms with Gasteiger partial charge in [-0.15, -0.1) is 0 Å². The lowest BCUT2D eigenvalue weighted by atomic mass is 10.2. The van der Waals surface area contributed by atoms with E-state index >= 15 is 0 Å². The Labute approximate surface area is 125 Å². The van der Waals surface area contributed by atoms with Crippen LogP contribution in [0.1, 0.15) is 24.0 Å². The van der Waals surface area contributed by atoms with Gasteiger partial charge in [0.25, 0.3) is 0 Å². The summed E-state index contributed by atoms with van der Waals surface area (Å²) in [4.78, 5) is 10.2. The summed E-state index contributed by atoms with van der Waals surface area (Å²) >= 11 is 0. The largest absolute Gasteiger partial charge is 0.493 e. The third kappa shape index (κ3) is 4.95. The van der Waals surface area contributed by atoms with Crippen LogP contribution in [-0.2, 0) is 11.4 Å². The molecule has 2 aromatic carbocycles. The Morgan fingerprint density at radius 2 is 1.86 bits per heavy atom. The molecular weight excluding hydrogens is 264 g/mol. The van der Waals surface area contributed by atoms with Gasteiger partial charge < -0.3 is 14.3 Å². The van der Waals surface area contributed by atoms with Crippen LogP contribution in [-0.4, -0.2) is 12.9 Å². The van der Waals surface area contributed by atoms with E-state index in [1.54, 1.807) is 0 Å². The van der Waals surface area contributed by atoms with Crippen molar-refractivity contribution in [2.45, 2.75) is 26.4 Å². The van der Waals surface area contributed by atoms with Crippen LogP contribution in [0.15, 0.2) is 48.5 Å². The first-order valence-corrected chi connectivity index (χ1v) is 7.13. The molecule has 2 rings (SSSR count). The van der Waals surface area contributed by atoms with Crippen molar-refractivity contribution in [2.75, 3.05) is 6.61 Å². The van der Waals surface area contributed by atoms with Crippen molar-refractivity contribution >= 4 is 6.29 Å². The first kappa shape index (κ1) is 15.1. The third-order valence-electron chi connectivity index (χ3n) is 3.12. The molecule has 0 saturated heterocycles.